The number of nitrogens with zero attached hydrogens (tertiary/aromatic N) is 4. The Hall–Kier alpha value is -5.32. The van der Waals surface area contributed by atoms with Gasteiger partial charge < -0.3 is 52.0 Å². The molecule has 0 spiro atoms. The lowest BCUT2D eigenvalue weighted by Gasteiger charge is -2.19. The van der Waals surface area contributed by atoms with Gasteiger partial charge >= 0.3 is 0 Å². The third-order valence-electron chi connectivity index (χ3n) is 8.55. The molecule has 15 nitrogen and oxygen atoms in total. The first kappa shape index (κ1) is 34.5. The molecule has 3 aromatic carbocycles. The third-order valence-corrected chi connectivity index (χ3v) is 8.55. The maximum Gasteiger partial charge on any atom is 0.234 e. The van der Waals surface area contributed by atoms with Crippen LogP contribution in [0.5, 0.6) is 11.5 Å². The van der Waals surface area contributed by atoms with E-state index in [0.717, 1.165) is 28.0 Å². The van der Waals surface area contributed by atoms with Crippen LogP contribution in [0.15, 0.2) is 79.1 Å². The van der Waals surface area contributed by atoms with Gasteiger partial charge in [0.25, 0.3) is 0 Å². The van der Waals surface area contributed by atoms with Gasteiger partial charge in [-0.25, -0.2) is 15.0 Å². The van der Waals surface area contributed by atoms with E-state index in [0.29, 0.717) is 49.7 Å². The number of carbonyl (C=O) groups is 1. The number of rotatable bonds is 15. The number of hydrogen-bond donors (Lipinski definition) is 8. The summed E-state index contributed by atoms with van der Waals surface area (Å²) in [7, 11) is 0. The number of aromatic nitrogens is 4. The molecule has 50 heavy (non-hydrogen) atoms. The standard InChI is InChI=1S/C35H40N8O7/c36-31-28-33(41-19-40-31)43(34-30(47)29(46)27(18-44)50-34)35(42-28)39-17-21-5-9-22(10-6-21)23-3-1-4-25(16-23)49-14-2-13-38-26(32(37)48)15-20-7-11-24(45)12-8-20/h1,3-12,16,19,26-27,29-30,34,38,44-47H,2,13-15,17-18H2,(H2,37,48)(H,39,42)(H2,36,40,41)/t26-,27+,29+,30+,34+/m0/s1. The topological polar surface area (TPSA) is 236 Å². The van der Waals surface area contributed by atoms with Gasteiger partial charge in [-0.05, 0) is 65.9 Å². The highest BCUT2D eigenvalue weighted by Gasteiger charge is 2.45. The number of aliphatic hydroxyl groups is 3. The van der Waals surface area contributed by atoms with Crippen molar-refractivity contribution in [3.63, 3.8) is 0 Å². The minimum Gasteiger partial charge on any atom is -0.508 e. The van der Waals surface area contributed by atoms with Gasteiger partial charge in [0.1, 0.15) is 36.1 Å². The summed E-state index contributed by atoms with van der Waals surface area (Å²) in [5.41, 5.74) is 16.0. The monoisotopic (exact) mass is 684 g/mol. The van der Waals surface area contributed by atoms with Crippen LogP contribution in [0.1, 0.15) is 23.8 Å². The summed E-state index contributed by atoms with van der Waals surface area (Å²) in [5.74, 6) is 0.892. The average Bonchev–Trinajstić information content (AvgIpc) is 3.64. The predicted octanol–water partition coefficient (Wildman–Crippen LogP) is 1.46. The Balaban J connectivity index is 1.04. The second-order valence-electron chi connectivity index (χ2n) is 12.0. The number of phenols is 1. The van der Waals surface area contributed by atoms with E-state index >= 15 is 0 Å². The summed E-state index contributed by atoms with van der Waals surface area (Å²) in [4.78, 5) is 24.8. The highest BCUT2D eigenvalue weighted by Crippen LogP contribution is 2.35. The highest BCUT2D eigenvalue weighted by atomic mass is 16.6. The number of nitrogen functional groups attached to an aromatic ring is 1. The van der Waals surface area contributed by atoms with E-state index in [1.165, 1.54) is 10.9 Å². The van der Waals surface area contributed by atoms with Crippen LogP contribution in [-0.2, 0) is 22.5 Å². The molecule has 0 bridgehead atoms. The second-order valence-corrected chi connectivity index (χ2v) is 12.0. The van der Waals surface area contributed by atoms with E-state index in [1.54, 1.807) is 24.3 Å². The van der Waals surface area contributed by atoms with E-state index in [2.05, 4.69) is 25.6 Å². The zero-order chi connectivity index (χ0) is 35.2. The molecule has 0 radical (unpaired) electrons. The number of aliphatic hydroxyl groups excluding tert-OH is 3. The van der Waals surface area contributed by atoms with Crippen molar-refractivity contribution < 1.29 is 34.7 Å². The van der Waals surface area contributed by atoms with Crippen molar-refractivity contribution in [2.75, 3.05) is 30.8 Å². The molecule has 1 aliphatic heterocycles. The van der Waals surface area contributed by atoms with Gasteiger partial charge in [0.2, 0.25) is 11.9 Å². The molecule has 1 aliphatic rings. The molecule has 3 heterocycles. The van der Waals surface area contributed by atoms with Crippen LogP contribution in [-0.4, -0.2) is 90.0 Å². The number of anilines is 2. The molecule has 15 heteroatoms. The maximum atomic E-state index is 11.9. The summed E-state index contributed by atoms with van der Waals surface area (Å²) in [6, 6.07) is 21.9. The van der Waals surface area contributed by atoms with E-state index in [4.69, 9.17) is 20.9 Å². The number of ether oxygens (including phenoxy) is 2. The fourth-order valence-corrected chi connectivity index (χ4v) is 5.83. The van der Waals surface area contributed by atoms with Gasteiger partial charge in [-0.15, -0.1) is 0 Å². The number of fused-ring (bicyclic) bond motifs is 1. The number of primary amides is 1. The van der Waals surface area contributed by atoms with Crippen LogP contribution < -0.4 is 26.8 Å². The fraction of sp³-hybridized carbons (Fsp3) is 0.314. The van der Waals surface area contributed by atoms with Crippen LogP contribution >= 0.6 is 0 Å². The zero-order valence-corrected chi connectivity index (χ0v) is 27.1. The third kappa shape index (κ3) is 7.77. The molecule has 0 aliphatic carbocycles. The normalized spacial score (nSPS) is 19.4. The Morgan fingerprint density at radius 2 is 1.76 bits per heavy atom. The van der Waals surface area contributed by atoms with Crippen LogP contribution in [0.2, 0.25) is 0 Å². The molecular weight excluding hydrogens is 644 g/mol. The maximum absolute atomic E-state index is 11.9. The van der Waals surface area contributed by atoms with E-state index < -0.39 is 43.1 Å². The molecule has 5 aromatic rings. The Labute approximate surface area is 287 Å². The highest BCUT2D eigenvalue weighted by molar-refractivity contribution is 5.84. The van der Waals surface area contributed by atoms with E-state index in [9.17, 15) is 25.2 Å². The van der Waals surface area contributed by atoms with Gasteiger partial charge in [0.15, 0.2) is 23.2 Å². The van der Waals surface area contributed by atoms with Crippen LogP contribution in [0, 0.1) is 0 Å². The molecule has 0 unspecified atom stereocenters. The Morgan fingerprint density at radius 1 is 1.00 bits per heavy atom. The first-order chi connectivity index (χ1) is 24.2. The van der Waals surface area contributed by atoms with Crippen LogP contribution in [0.3, 0.4) is 0 Å². The molecule has 1 fully saturated rings. The zero-order valence-electron chi connectivity index (χ0n) is 27.1. The Bertz CT molecular complexity index is 1900. The van der Waals surface area contributed by atoms with Crippen molar-refractivity contribution in [2.24, 2.45) is 5.73 Å². The lowest BCUT2D eigenvalue weighted by Crippen LogP contribution is -2.43. The summed E-state index contributed by atoms with van der Waals surface area (Å²) in [6.45, 7) is 0.866. The fourth-order valence-electron chi connectivity index (χ4n) is 5.83. The summed E-state index contributed by atoms with van der Waals surface area (Å²) < 4.78 is 13.3. The summed E-state index contributed by atoms with van der Waals surface area (Å²) >= 11 is 0. The van der Waals surface area contributed by atoms with Crippen LogP contribution in [0.4, 0.5) is 11.8 Å². The number of nitrogens with one attached hydrogen (secondary N) is 2. The SMILES string of the molecule is NC(=O)[C@H](Cc1ccc(O)cc1)NCCCOc1cccc(-c2ccc(CNc3nc4c(N)ncnc4n3[C@@H]3O[C@H](CO)[C@@H](O)[C@H]3O)cc2)c1. The van der Waals surface area contributed by atoms with Gasteiger partial charge in [0.05, 0.1) is 19.3 Å². The minimum atomic E-state index is -1.34. The van der Waals surface area contributed by atoms with Crippen molar-refractivity contribution in [1.29, 1.82) is 0 Å². The van der Waals surface area contributed by atoms with Crippen molar-refractivity contribution >= 4 is 28.8 Å². The predicted molar refractivity (Wildman–Crippen MR) is 185 cm³/mol. The number of phenolic OH excluding ortho intramolecular Hbond substituents is 1. The average molecular weight is 685 g/mol. The lowest BCUT2D eigenvalue weighted by molar-refractivity contribution is -0.120. The molecule has 0 saturated carbocycles. The molecule has 262 valence electrons. The summed E-state index contributed by atoms with van der Waals surface area (Å²) in [5, 5.41) is 46.6. The quantitative estimate of drug-likeness (QED) is 0.0730. The van der Waals surface area contributed by atoms with Crippen molar-refractivity contribution in [1.82, 2.24) is 24.8 Å². The molecule has 1 amide bonds. The largest absolute Gasteiger partial charge is 0.508 e. The molecule has 6 rings (SSSR count). The van der Waals surface area contributed by atoms with Crippen LogP contribution in [0.25, 0.3) is 22.3 Å². The lowest BCUT2D eigenvalue weighted by atomic mass is 10.0. The number of carbonyl (C=O) groups excluding carboxylic acids is 1. The number of hydrogen-bond acceptors (Lipinski definition) is 13. The number of imidazole rings is 1. The molecule has 10 N–H and O–H groups in total. The van der Waals surface area contributed by atoms with E-state index in [-0.39, 0.29) is 11.6 Å². The molecular formula is C35H40N8O7. The van der Waals surface area contributed by atoms with Gasteiger partial charge in [-0.2, -0.15) is 0 Å². The van der Waals surface area contributed by atoms with Crippen molar-refractivity contribution in [3.05, 3.63) is 90.3 Å². The van der Waals surface area contributed by atoms with Gasteiger partial charge in [0, 0.05) is 6.54 Å². The number of benzene rings is 3. The Kier molecular flexibility index (Phi) is 10.7. The summed E-state index contributed by atoms with van der Waals surface area (Å²) in [6.07, 6.45) is -2.32. The number of aromatic hydroxyl groups is 1. The minimum absolute atomic E-state index is 0.148. The van der Waals surface area contributed by atoms with Crippen molar-refractivity contribution in [3.8, 4) is 22.6 Å². The molecule has 2 aromatic heterocycles. The molecule has 5 atom stereocenters. The smallest absolute Gasteiger partial charge is 0.234 e. The number of amides is 1. The van der Waals surface area contributed by atoms with Gasteiger partial charge in [-0.1, -0.05) is 48.5 Å². The first-order valence-electron chi connectivity index (χ1n) is 16.2. The first-order valence-corrected chi connectivity index (χ1v) is 16.2. The van der Waals surface area contributed by atoms with E-state index in [1.807, 2.05) is 48.5 Å². The Morgan fingerprint density at radius 3 is 2.48 bits per heavy atom. The molecule has 1 saturated heterocycles. The van der Waals surface area contributed by atoms with Gasteiger partial charge in [-0.3, -0.25) is 9.36 Å². The second kappa shape index (κ2) is 15.5. The number of nitrogens with two attached hydrogens (primary N) is 2. The van der Waals surface area contributed by atoms with Crippen molar-refractivity contribution in [2.45, 2.75) is 50.0 Å².